The molecule has 2 N–H and O–H groups in total. The summed E-state index contributed by atoms with van der Waals surface area (Å²) in [6.07, 6.45) is 5.25. The number of nitrogens with one attached hydrogen (secondary N) is 2. The van der Waals surface area contributed by atoms with Crippen molar-refractivity contribution < 1.29 is 9.47 Å². The van der Waals surface area contributed by atoms with Crippen molar-refractivity contribution in [3.05, 3.63) is 54.1 Å². The van der Waals surface area contributed by atoms with Gasteiger partial charge in [-0.15, -0.1) is 0 Å². The summed E-state index contributed by atoms with van der Waals surface area (Å²) in [5.74, 6) is 1.83. The van der Waals surface area contributed by atoms with Gasteiger partial charge in [0.25, 0.3) is 0 Å². The molecule has 27 heavy (non-hydrogen) atoms. The molecule has 5 heteroatoms. The van der Waals surface area contributed by atoms with Crippen molar-refractivity contribution in [3.8, 4) is 11.5 Å². The standard InChI is InChI=1S/C22H28N2O2S/c1-16-7-3-6-10-21(16)25-15-17(2)23-22(27)24-18-11-13-20(14-12-18)26-19-8-4-5-9-19/h3,6-7,10-14,17,19H,4-5,8-9,15H2,1-2H3,(H2,23,24,27)/t17-/m1/s1. The first kappa shape index (κ1) is 19.5. The van der Waals surface area contributed by atoms with E-state index in [1.165, 1.54) is 12.8 Å². The number of hydrogen-bond acceptors (Lipinski definition) is 3. The van der Waals surface area contributed by atoms with Crippen LogP contribution in [0.3, 0.4) is 0 Å². The Balaban J connectivity index is 1.42. The first-order valence-corrected chi connectivity index (χ1v) is 10.0. The molecule has 4 nitrogen and oxygen atoms in total. The summed E-state index contributed by atoms with van der Waals surface area (Å²) in [6, 6.07) is 16.1. The Morgan fingerprint density at radius 2 is 1.81 bits per heavy atom. The predicted octanol–water partition coefficient (Wildman–Crippen LogP) is 5.07. The Hall–Kier alpha value is -2.27. The summed E-state index contributed by atoms with van der Waals surface area (Å²) in [7, 11) is 0. The van der Waals surface area contributed by atoms with Crippen LogP contribution in [0, 0.1) is 6.92 Å². The molecule has 0 saturated heterocycles. The fourth-order valence-electron chi connectivity index (χ4n) is 3.18. The number of benzene rings is 2. The van der Waals surface area contributed by atoms with Crippen molar-refractivity contribution in [1.82, 2.24) is 5.32 Å². The van der Waals surface area contributed by atoms with Gasteiger partial charge in [-0.05, 0) is 87.6 Å². The predicted molar refractivity (Wildman–Crippen MR) is 115 cm³/mol. The zero-order valence-corrected chi connectivity index (χ0v) is 16.9. The Morgan fingerprint density at radius 3 is 2.52 bits per heavy atom. The highest BCUT2D eigenvalue weighted by Crippen LogP contribution is 2.25. The summed E-state index contributed by atoms with van der Waals surface area (Å²) in [5.41, 5.74) is 2.07. The number of hydrogen-bond donors (Lipinski definition) is 2. The monoisotopic (exact) mass is 384 g/mol. The molecule has 2 aromatic carbocycles. The lowest BCUT2D eigenvalue weighted by Gasteiger charge is -2.18. The second kappa shape index (κ2) is 9.60. The Morgan fingerprint density at radius 1 is 1.11 bits per heavy atom. The third kappa shape index (κ3) is 6.14. The zero-order chi connectivity index (χ0) is 19.1. The topological polar surface area (TPSA) is 42.5 Å². The van der Waals surface area contributed by atoms with Gasteiger partial charge in [-0.1, -0.05) is 18.2 Å². The molecule has 0 unspecified atom stereocenters. The molecule has 0 aromatic heterocycles. The van der Waals surface area contributed by atoms with E-state index >= 15 is 0 Å². The fraction of sp³-hybridized carbons (Fsp3) is 0.409. The van der Waals surface area contributed by atoms with E-state index in [9.17, 15) is 0 Å². The second-order valence-corrected chi connectivity index (χ2v) is 7.53. The van der Waals surface area contributed by atoms with Gasteiger partial charge < -0.3 is 20.1 Å². The number of ether oxygens (including phenoxy) is 2. The first-order chi connectivity index (χ1) is 13.1. The lowest BCUT2D eigenvalue weighted by atomic mass is 10.2. The van der Waals surface area contributed by atoms with Gasteiger partial charge >= 0.3 is 0 Å². The summed E-state index contributed by atoms with van der Waals surface area (Å²) < 4.78 is 11.9. The lowest BCUT2D eigenvalue weighted by molar-refractivity contribution is 0.210. The average molecular weight is 385 g/mol. The van der Waals surface area contributed by atoms with Crippen molar-refractivity contribution >= 4 is 23.0 Å². The Kier molecular flexibility index (Phi) is 6.93. The van der Waals surface area contributed by atoms with Gasteiger partial charge in [-0.2, -0.15) is 0 Å². The van der Waals surface area contributed by atoms with Gasteiger partial charge in [0, 0.05) is 5.69 Å². The van der Waals surface area contributed by atoms with E-state index < -0.39 is 0 Å². The van der Waals surface area contributed by atoms with E-state index in [1.807, 2.05) is 62.4 Å². The number of para-hydroxylation sites is 1. The lowest BCUT2D eigenvalue weighted by Crippen LogP contribution is -2.39. The van der Waals surface area contributed by atoms with Crippen molar-refractivity contribution in [1.29, 1.82) is 0 Å². The highest BCUT2D eigenvalue weighted by molar-refractivity contribution is 7.80. The molecule has 0 aliphatic heterocycles. The minimum atomic E-state index is 0.0922. The van der Waals surface area contributed by atoms with Crippen LogP contribution in [-0.4, -0.2) is 23.9 Å². The van der Waals surface area contributed by atoms with Crippen LogP contribution in [0.15, 0.2) is 48.5 Å². The smallest absolute Gasteiger partial charge is 0.171 e. The quantitative estimate of drug-likeness (QED) is 0.653. The molecule has 1 aliphatic carbocycles. The van der Waals surface area contributed by atoms with Crippen LogP contribution < -0.4 is 20.1 Å². The number of thiocarbonyl (C=S) groups is 1. The van der Waals surface area contributed by atoms with E-state index in [0.29, 0.717) is 17.8 Å². The molecule has 0 spiro atoms. The van der Waals surface area contributed by atoms with Gasteiger partial charge in [0.1, 0.15) is 18.1 Å². The summed E-state index contributed by atoms with van der Waals surface area (Å²) in [4.78, 5) is 0. The highest BCUT2D eigenvalue weighted by atomic mass is 32.1. The van der Waals surface area contributed by atoms with E-state index in [-0.39, 0.29) is 6.04 Å². The molecule has 1 atom stereocenters. The molecule has 144 valence electrons. The second-order valence-electron chi connectivity index (χ2n) is 7.12. The molecule has 0 amide bonds. The molecular formula is C22H28N2O2S. The maximum absolute atomic E-state index is 5.99. The number of aryl methyl sites for hydroxylation is 1. The van der Waals surface area contributed by atoms with Crippen molar-refractivity contribution in [3.63, 3.8) is 0 Å². The molecule has 0 heterocycles. The highest BCUT2D eigenvalue weighted by Gasteiger charge is 2.16. The molecule has 3 rings (SSSR count). The maximum Gasteiger partial charge on any atom is 0.171 e. The van der Waals surface area contributed by atoms with Gasteiger partial charge in [-0.25, -0.2) is 0 Å². The number of anilines is 1. The fourth-order valence-corrected chi connectivity index (χ4v) is 3.50. The van der Waals surface area contributed by atoms with Gasteiger partial charge in [0.15, 0.2) is 5.11 Å². The first-order valence-electron chi connectivity index (χ1n) is 9.63. The minimum Gasteiger partial charge on any atom is -0.491 e. The molecule has 0 bridgehead atoms. The Labute approximate surface area is 167 Å². The summed E-state index contributed by atoms with van der Waals surface area (Å²) in [6.45, 7) is 4.63. The Bertz CT molecular complexity index is 742. The third-order valence-electron chi connectivity index (χ3n) is 4.68. The van der Waals surface area contributed by atoms with Crippen LogP contribution in [0.4, 0.5) is 5.69 Å². The normalized spacial score (nSPS) is 15.2. The van der Waals surface area contributed by atoms with Crippen LogP contribution in [0.5, 0.6) is 11.5 Å². The van der Waals surface area contributed by atoms with Crippen LogP contribution in [0.1, 0.15) is 38.2 Å². The van der Waals surface area contributed by atoms with Crippen LogP contribution in [0.2, 0.25) is 0 Å². The summed E-state index contributed by atoms with van der Waals surface area (Å²) >= 11 is 5.41. The van der Waals surface area contributed by atoms with E-state index in [1.54, 1.807) is 0 Å². The zero-order valence-electron chi connectivity index (χ0n) is 16.0. The third-order valence-corrected chi connectivity index (χ3v) is 4.90. The van der Waals surface area contributed by atoms with Gasteiger partial charge in [0.2, 0.25) is 0 Å². The SMILES string of the molecule is Cc1ccccc1OC[C@@H](C)NC(=S)Nc1ccc(OC2CCCC2)cc1. The molecule has 2 aromatic rings. The molecular weight excluding hydrogens is 356 g/mol. The van der Waals surface area contributed by atoms with Crippen molar-refractivity contribution in [2.45, 2.75) is 51.7 Å². The maximum atomic E-state index is 5.99. The number of rotatable bonds is 7. The van der Waals surface area contributed by atoms with E-state index in [0.717, 1.165) is 35.6 Å². The molecule has 1 saturated carbocycles. The molecule has 1 aliphatic rings. The summed E-state index contributed by atoms with van der Waals surface area (Å²) in [5, 5.41) is 7.05. The average Bonchev–Trinajstić information content (AvgIpc) is 3.16. The van der Waals surface area contributed by atoms with E-state index in [4.69, 9.17) is 21.7 Å². The van der Waals surface area contributed by atoms with E-state index in [2.05, 4.69) is 10.6 Å². The largest absolute Gasteiger partial charge is 0.491 e. The van der Waals surface area contributed by atoms with Gasteiger partial charge in [0.05, 0.1) is 12.1 Å². The van der Waals surface area contributed by atoms with Gasteiger partial charge in [-0.3, -0.25) is 0 Å². The van der Waals surface area contributed by atoms with Crippen LogP contribution >= 0.6 is 12.2 Å². The molecule has 1 fully saturated rings. The molecule has 0 radical (unpaired) electrons. The van der Waals surface area contributed by atoms with Crippen LogP contribution in [0.25, 0.3) is 0 Å². The van der Waals surface area contributed by atoms with Crippen LogP contribution in [-0.2, 0) is 0 Å². The minimum absolute atomic E-state index is 0.0922. The van der Waals surface area contributed by atoms with Crippen molar-refractivity contribution in [2.75, 3.05) is 11.9 Å². The van der Waals surface area contributed by atoms with Crippen molar-refractivity contribution in [2.24, 2.45) is 0 Å².